The van der Waals surface area contributed by atoms with Crippen molar-refractivity contribution in [2.45, 2.75) is 39.8 Å². The fraction of sp³-hybridized carbons (Fsp3) is 0.733. The number of aromatic nitrogens is 2. The normalized spacial score (nSPS) is 13.5. The molecule has 2 N–H and O–H groups in total. The summed E-state index contributed by atoms with van der Waals surface area (Å²) in [6.07, 6.45) is 2.97. The highest BCUT2D eigenvalue weighted by Crippen LogP contribution is 1.99. The summed E-state index contributed by atoms with van der Waals surface area (Å²) in [7, 11) is 4.10. The Morgan fingerprint density at radius 3 is 2.76 bits per heavy atom. The van der Waals surface area contributed by atoms with E-state index in [0.29, 0.717) is 12.6 Å². The average molecular weight is 294 g/mol. The van der Waals surface area contributed by atoms with Crippen LogP contribution in [0, 0.1) is 0 Å². The second-order valence-electron chi connectivity index (χ2n) is 5.31. The minimum Gasteiger partial charge on any atom is -0.357 e. The summed E-state index contributed by atoms with van der Waals surface area (Å²) in [4.78, 5) is 6.95. The van der Waals surface area contributed by atoms with Gasteiger partial charge >= 0.3 is 0 Å². The first-order valence-electron chi connectivity index (χ1n) is 7.77. The van der Waals surface area contributed by atoms with E-state index in [-0.39, 0.29) is 0 Å². The van der Waals surface area contributed by atoms with Crippen molar-refractivity contribution in [1.82, 2.24) is 25.3 Å². The van der Waals surface area contributed by atoms with Crippen LogP contribution in [0.2, 0.25) is 0 Å². The third kappa shape index (κ3) is 6.16. The summed E-state index contributed by atoms with van der Waals surface area (Å²) in [6, 6.07) is 2.60. The van der Waals surface area contributed by atoms with Gasteiger partial charge < -0.3 is 15.5 Å². The largest absolute Gasteiger partial charge is 0.357 e. The van der Waals surface area contributed by atoms with Crippen LogP contribution in [0.1, 0.15) is 32.9 Å². The number of rotatable bonds is 8. The molecule has 0 saturated heterocycles. The predicted octanol–water partition coefficient (Wildman–Crippen LogP) is 1.21. The van der Waals surface area contributed by atoms with Crippen molar-refractivity contribution in [2.24, 2.45) is 12.0 Å². The maximum absolute atomic E-state index is 4.59. The molecule has 1 heterocycles. The molecule has 1 rings (SSSR count). The van der Waals surface area contributed by atoms with Crippen molar-refractivity contribution in [3.63, 3.8) is 0 Å². The molecule has 0 saturated carbocycles. The Morgan fingerprint density at radius 2 is 2.19 bits per heavy atom. The summed E-state index contributed by atoms with van der Waals surface area (Å²) in [5, 5.41) is 10.8. The maximum Gasteiger partial charge on any atom is 0.191 e. The number of likely N-dealkylation sites (N-methyl/N-ethyl adjacent to an activating group) is 1. The summed E-state index contributed by atoms with van der Waals surface area (Å²) in [5.41, 5.74) is 1.10. The quantitative estimate of drug-likeness (QED) is 0.559. The lowest BCUT2D eigenvalue weighted by atomic mass is 10.2. The lowest BCUT2D eigenvalue weighted by Gasteiger charge is -2.24. The molecule has 1 aromatic rings. The van der Waals surface area contributed by atoms with E-state index in [9.17, 15) is 0 Å². The second kappa shape index (κ2) is 9.39. The van der Waals surface area contributed by atoms with Crippen molar-refractivity contribution >= 4 is 5.96 Å². The average Bonchev–Trinajstić information content (AvgIpc) is 2.89. The summed E-state index contributed by atoms with van der Waals surface area (Å²) in [5.74, 6) is 0.858. The fourth-order valence-corrected chi connectivity index (χ4v) is 1.94. The van der Waals surface area contributed by atoms with Crippen molar-refractivity contribution < 1.29 is 0 Å². The number of nitrogens with one attached hydrogen (secondary N) is 2. The van der Waals surface area contributed by atoms with Crippen LogP contribution in [0.15, 0.2) is 17.3 Å². The van der Waals surface area contributed by atoms with E-state index in [1.807, 2.05) is 17.8 Å². The molecular weight excluding hydrogens is 264 g/mol. The van der Waals surface area contributed by atoms with Crippen molar-refractivity contribution in [2.75, 3.05) is 26.7 Å². The van der Waals surface area contributed by atoms with E-state index < -0.39 is 0 Å². The molecule has 0 aliphatic rings. The van der Waals surface area contributed by atoms with Crippen LogP contribution in [0.25, 0.3) is 0 Å². The van der Waals surface area contributed by atoms with Gasteiger partial charge in [0.1, 0.15) is 0 Å². The Balaban J connectivity index is 2.44. The van der Waals surface area contributed by atoms with Crippen LogP contribution < -0.4 is 10.6 Å². The van der Waals surface area contributed by atoms with Crippen LogP contribution in [-0.4, -0.2) is 53.4 Å². The topological polar surface area (TPSA) is 57.5 Å². The summed E-state index contributed by atoms with van der Waals surface area (Å²) >= 11 is 0. The van der Waals surface area contributed by atoms with Gasteiger partial charge in [0.2, 0.25) is 0 Å². The van der Waals surface area contributed by atoms with E-state index in [1.165, 1.54) is 6.42 Å². The molecule has 21 heavy (non-hydrogen) atoms. The van der Waals surface area contributed by atoms with Gasteiger partial charge in [0.25, 0.3) is 0 Å². The number of aliphatic imine (C=N–C) groups is 1. The number of guanidine groups is 1. The van der Waals surface area contributed by atoms with E-state index in [2.05, 4.69) is 53.4 Å². The number of nitrogens with zero attached hydrogens (tertiary/aromatic N) is 4. The van der Waals surface area contributed by atoms with Gasteiger partial charge in [-0.25, -0.2) is 4.99 Å². The molecule has 0 radical (unpaired) electrons. The van der Waals surface area contributed by atoms with Crippen LogP contribution in [0.3, 0.4) is 0 Å². The van der Waals surface area contributed by atoms with Gasteiger partial charge in [0, 0.05) is 38.9 Å². The second-order valence-corrected chi connectivity index (χ2v) is 5.31. The minimum absolute atomic E-state index is 0.612. The van der Waals surface area contributed by atoms with Gasteiger partial charge in [-0.05, 0) is 33.4 Å². The van der Waals surface area contributed by atoms with Crippen LogP contribution in [-0.2, 0) is 13.6 Å². The molecule has 0 spiro atoms. The highest BCUT2D eigenvalue weighted by atomic mass is 15.3. The van der Waals surface area contributed by atoms with E-state index in [1.54, 1.807) is 6.20 Å². The van der Waals surface area contributed by atoms with Gasteiger partial charge in [-0.3, -0.25) is 4.68 Å². The minimum atomic E-state index is 0.612. The fourth-order valence-electron chi connectivity index (χ4n) is 1.94. The van der Waals surface area contributed by atoms with Crippen molar-refractivity contribution in [3.05, 3.63) is 18.0 Å². The molecule has 6 heteroatoms. The zero-order valence-corrected chi connectivity index (χ0v) is 14.1. The zero-order chi connectivity index (χ0) is 15.7. The first-order valence-corrected chi connectivity index (χ1v) is 7.77. The van der Waals surface area contributed by atoms with Gasteiger partial charge in [0.15, 0.2) is 5.96 Å². The predicted molar refractivity (Wildman–Crippen MR) is 88.4 cm³/mol. The smallest absolute Gasteiger partial charge is 0.191 e. The SMILES string of the molecule is CCNC(=NCc1ccnn1C)NCCN(C)C(C)CC. The van der Waals surface area contributed by atoms with E-state index in [0.717, 1.165) is 31.3 Å². The first-order chi connectivity index (χ1) is 10.1. The van der Waals surface area contributed by atoms with E-state index in [4.69, 9.17) is 0 Å². The summed E-state index contributed by atoms with van der Waals surface area (Å²) < 4.78 is 1.85. The molecule has 6 nitrogen and oxygen atoms in total. The lowest BCUT2D eigenvalue weighted by molar-refractivity contribution is 0.255. The van der Waals surface area contributed by atoms with Gasteiger partial charge in [-0.1, -0.05) is 6.92 Å². The molecule has 0 fully saturated rings. The molecule has 0 aliphatic carbocycles. The molecule has 1 unspecified atom stereocenters. The molecule has 0 bridgehead atoms. The molecule has 120 valence electrons. The molecular formula is C15H30N6. The highest BCUT2D eigenvalue weighted by molar-refractivity contribution is 5.79. The van der Waals surface area contributed by atoms with Gasteiger partial charge in [-0.2, -0.15) is 5.10 Å². The Kier molecular flexibility index (Phi) is 7.82. The van der Waals surface area contributed by atoms with Crippen LogP contribution in [0.5, 0.6) is 0 Å². The third-order valence-electron chi connectivity index (χ3n) is 3.77. The lowest BCUT2D eigenvalue weighted by Crippen LogP contribution is -2.42. The summed E-state index contributed by atoms with van der Waals surface area (Å²) in [6.45, 7) is 9.93. The first kappa shape index (κ1) is 17.5. The monoisotopic (exact) mass is 294 g/mol. The number of hydrogen-bond donors (Lipinski definition) is 2. The molecule has 1 atom stereocenters. The Morgan fingerprint density at radius 1 is 1.43 bits per heavy atom. The zero-order valence-electron chi connectivity index (χ0n) is 14.1. The number of hydrogen-bond acceptors (Lipinski definition) is 3. The van der Waals surface area contributed by atoms with E-state index >= 15 is 0 Å². The highest BCUT2D eigenvalue weighted by Gasteiger charge is 2.06. The molecule has 0 aliphatic heterocycles. The van der Waals surface area contributed by atoms with Crippen molar-refractivity contribution in [3.8, 4) is 0 Å². The number of aryl methyl sites for hydroxylation is 1. The van der Waals surface area contributed by atoms with Crippen molar-refractivity contribution in [1.29, 1.82) is 0 Å². The molecule has 1 aromatic heterocycles. The van der Waals surface area contributed by atoms with Gasteiger partial charge in [-0.15, -0.1) is 0 Å². The molecule has 0 aromatic carbocycles. The Hall–Kier alpha value is -1.56. The van der Waals surface area contributed by atoms with Crippen LogP contribution >= 0.6 is 0 Å². The Bertz CT molecular complexity index is 426. The third-order valence-corrected chi connectivity index (χ3v) is 3.77. The van der Waals surface area contributed by atoms with Crippen LogP contribution in [0.4, 0.5) is 0 Å². The van der Waals surface area contributed by atoms with Gasteiger partial charge in [0.05, 0.1) is 12.2 Å². The Labute approximate surface area is 128 Å². The standard InChI is InChI=1S/C15H30N6/c1-6-13(3)20(4)11-10-17-15(16-7-2)18-12-14-8-9-19-21(14)5/h8-9,13H,6-7,10-12H2,1-5H3,(H2,16,17,18). The maximum atomic E-state index is 4.59. The molecule has 0 amide bonds.